The number of aliphatic hydroxyl groups is 1. The maximum absolute atomic E-state index is 10.4. The molecule has 0 heterocycles. The molecule has 3 heteroatoms. The summed E-state index contributed by atoms with van der Waals surface area (Å²) in [4.78, 5) is 10.4. The van der Waals surface area contributed by atoms with Crippen molar-refractivity contribution in [3.05, 3.63) is 11.6 Å². The Hall–Kier alpha value is -0.830. The molecule has 0 aliphatic rings. The molecule has 0 bridgehead atoms. The normalized spacial score (nSPS) is 11.6. The van der Waals surface area contributed by atoms with Gasteiger partial charge in [-0.05, 0) is 19.3 Å². The second-order valence-corrected chi connectivity index (χ2v) is 2.27. The molecule has 0 saturated carbocycles. The highest BCUT2D eigenvalue weighted by Crippen LogP contribution is 2.05. The summed E-state index contributed by atoms with van der Waals surface area (Å²) in [5, 5.41) is 17.0. The maximum atomic E-state index is 10.4. The minimum Gasteiger partial charge on any atom is -0.478 e. The lowest BCUT2D eigenvalue weighted by Crippen LogP contribution is -2.01. The highest BCUT2D eigenvalue weighted by molar-refractivity contribution is 5.86. The predicted molar refractivity (Wildman–Crippen MR) is 42.3 cm³/mol. The zero-order valence-corrected chi connectivity index (χ0v) is 6.71. The van der Waals surface area contributed by atoms with Crippen molar-refractivity contribution in [2.24, 2.45) is 0 Å². The number of aliphatic carboxylic acids is 1. The minimum absolute atomic E-state index is 0.0499. The van der Waals surface area contributed by atoms with E-state index in [2.05, 4.69) is 0 Å². The zero-order valence-electron chi connectivity index (χ0n) is 6.71. The lowest BCUT2D eigenvalue weighted by Gasteiger charge is -1.98. The zero-order chi connectivity index (χ0) is 8.69. The van der Waals surface area contributed by atoms with Gasteiger partial charge in [-0.1, -0.05) is 13.0 Å². The summed E-state index contributed by atoms with van der Waals surface area (Å²) < 4.78 is 0. The van der Waals surface area contributed by atoms with Crippen molar-refractivity contribution in [2.75, 3.05) is 6.61 Å². The van der Waals surface area contributed by atoms with Gasteiger partial charge in [-0.2, -0.15) is 0 Å². The van der Waals surface area contributed by atoms with E-state index in [9.17, 15) is 4.79 Å². The molecule has 0 aliphatic heterocycles. The van der Waals surface area contributed by atoms with Crippen molar-refractivity contribution in [1.82, 2.24) is 0 Å². The molecule has 0 rings (SSSR count). The molecule has 0 aromatic rings. The van der Waals surface area contributed by atoms with Gasteiger partial charge < -0.3 is 10.2 Å². The molecule has 0 spiro atoms. The van der Waals surface area contributed by atoms with Crippen LogP contribution in [0.25, 0.3) is 0 Å². The van der Waals surface area contributed by atoms with Crippen LogP contribution in [0.4, 0.5) is 0 Å². The summed E-state index contributed by atoms with van der Waals surface area (Å²) in [6, 6.07) is 0. The smallest absolute Gasteiger partial charge is 0.331 e. The average Bonchev–Trinajstić information content (AvgIpc) is 1.97. The molecule has 0 aromatic heterocycles. The number of rotatable bonds is 5. The first-order chi connectivity index (χ1) is 5.22. The van der Waals surface area contributed by atoms with Crippen LogP contribution in [0.1, 0.15) is 26.2 Å². The van der Waals surface area contributed by atoms with E-state index in [1.165, 1.54) is 0 Å². The van der Waals surface area contributed by atoms with Gasteiger partial charge in [-0.25, -0.2) is 4.79 Å². The van der Waals surface area contributed by atoms with Crippen molar-refractivity contribution in [3.63, 3.8) is 0 Å². The van der Waals surface area contributed by atoms with E-state index in [4.69, 9.17) is 10.2 Å². The van der Waals surface area contributed by atoms with Crippen LogP contribution in [0.2, 0.25) is 0 Å². The van der Waals surface area contributed by atoms with Crippen LogP contribution in [-0.4, -0.2) is 22.8 Å². The van der Waals surface area contributed by atoms with Gasteiger partial charge in [-0.3, -0.25) is 0 Å². The van der Waals surface area contributed by atoms with Crippen molar-refractivity contribution in [2.45, 2.75) is 26.2 Å². The van der Waals surface area contributed by atoms with Gasteiger partial charge in [0.2, 0.25) is 0 Å². The Morgan fingerprint density at radius 1 is 1.55 bits per heavy atom. The number of carboxylic acids is 1. The molecule has 0 radical (unpaired) electrons. The van der Waals surface area contributed by atoms with Crippen molar-refractivity contribution in [3.8, 4) is 0 Å². The summed E-state index contributed by atoms with van der Waals surface area (Å²) in [5.41, 5.74) is 0.404. The highest BCUT2D eigenvalue weighted by Gasteiger charge is 2.04. The summed E-state index contributed by atoms with van der Waals surface area (Å²) in [6.07, 6.45) is 3.39. The van der Waals surface area contributed by atoms with E-state index < -0.39 is 5.97 Å². The molecule has 0 fully saturated rings. The van der Waals surface area contributed by atoms with Crippen LogP contribution in [0.3, 0.4) is 0 Å². The van der Waals surface area contributed by atoms with Gasteiger partial charge in [0.25, 0.3) is 0 Å². The summed E-state index contributed by atoms with van der Waals surface area (Å²) in [6.45, 7) is 1.94. The molecule has 0 aromatic carbocycles. The van der Waals surface area contributed by atoms with Crippen LogP contribution in [0.5, 0.6) is 0 Å². The SMILES string of the molecule is CCC=C(CCCO)C(=O)O. The van der Waals surface area contributed by atoms with E-state index in [1.54, 1.807) is 6.08 Å². The molecule has 0 saturated heterocycles. The van der Waals surface area contributed by atoms with E-state index in [1.807, 2.05) is 6.92 Å². The third-order valence-corrected chi connectivity index (χ3v) is 1.33. The van der Waals surface area contributed by atoms with Crippen LogP contribution in [-0.2, 0) is 4.79 Å². The first-order valence-electron chi connectivity index (χ1n) is 3.75. The summed E-state index contributed by atoms with van der Waals surface area (Å²) in [7, 11) is 0. The Balaban J connectivity index is 3.90. The fourth-order valence-corrected chi connectivity index (χ4v) is 0.812. The molecule has 64 valence electrons. The number of carboxylic acid groups (broad SMARTS) is 1. The molecule has 2 N–H and O–H groups in total. The van der Waals surface area contributed by atoms with Gasteiger partial charge >= 0.3 is 5.97 Å². The monoisotopic (exact) mass is 158 g/mol. The first kappa shape index (κ1) is 10.2. The Labute approximate surface area is 66.4 Å². The van der Waals surface area contributed by atoms with Crippen molar-refractivity contribution >= 4 is 5.97 Å². The largest absolute Gasteiger partial charge is 0.478 e. The average molecular weight is 158 g/mol. The number of hydrogen-bond acceptors (Lipinski definition) is 2. The third-order valence-electron chi connectivity index (χ3n) is 1.33. The third kappa shape index (κ3) is 4.56. The minimum atomic E-state index is -0.875. The predicted octanol–water partition coefficient (Wildman–Crippen LogP) is 1.18. The molecule has 0 atom stereocenters. The topological polar surface area (TPSA) is 57.5 Å². The Bertz CT molecular complexity index is 149. The van der Waals surface area contributed by atoms with Gasteiger partial charge in [-0.15, -0.1) is 0 Å². The van der Waals surface area contributed by atoms with Crippen molar-refractivity contribution in [1.29, 1.82) is 0 Å². The number of allylic oxidation sites excluding steroid dienone is 1. The standard InChI is InChI=1S/C8H14O3/c1-2-4-7(8(10)11)5-3-6-9/h4,9H,2-3,5-6H2,1H3,(H,10,11). The molecule has 0 aliphatic carbocycles. The fraction of sp³-hybridized carbons (Fsp3) is 0.625. The highest BCUT2D eigenvalue weighted by atomic mass is 16.4. The second kappa shape index (κ2) is 5.92. The van der Waals surface area contributed by atoms with E-state index in [0.29, 0.717) is 18.4 Å². The Kier molecular flexibility index (Phi) is 5.47. The molecular formula is C8H14O3. The van der Waals surface area contributed by atoms with Gasteiger partial charge in [0.1, 0.15) is 0 Å². The summed E-state index contributed by atoms with van der Waals surface area (Å²) in [5.74, 6) is -0.875. The molecule has 0 unspecified atom stereocenters. The lowest BCUT2D eigenvalue weighted by atomic mass is 10.1. The van der Waals surface area contributed by atoms with Gasteiger partial charge in [0, 0.05) is 12.2 Å². The Morgan fingerprint density at radius 3 is 2.55 bits per heavy atom. The molecular weight excluding hydrogens is 144 g/mol. The van der Waals surface area contributed by atoms with Crippen LogP contribution in [0.15, 0.2) is 11.6 Å². The number of hydrogen-bond donors (Lipinski definition) is 2. The quantitative estimate of drug-likeness (QED) is 0.591. The number of carbonyl (C=O) groups is 1. The fourth-order valence-electron chi connectivity index (χ4n) is 0.812. The van der Waals surface area contributed by atoms with Crippen molar-refractivity contribution < 1.29 is 15.0 Å². The van der Waals surface area contributed by atoms with E-state index in [0.717, 1.165) is 6.42 Å². The van der Waals surface area contributed by atoms with Crippen LogP contribution in [0, 0.1) is 0 Å². The Morgan fingerprint density at radius 2 is 2.18 bits per heavy atom. The molecule has 11 heavy (non-hydrogen) atoms. The first-order valence-corrected chi connectivity index (χ1v) is 3.75. The lowest BCUT2D eigenvalue weighted by molar-refractivity contribution is -0.132. The van der Waals surface area contributed by atoms with Gasteiger partial charge in [0.15, 0.2) is 0 Å². The van der Waals surface area contributed by atoms with Crippen LogP contribution < -0.4 is 0 Å². The summed E-state index contributed by atoms with van der Waals surface area (Å²) >= 11 is 0. The van der Waals surface area contributed by atoms with E-state index >= 15 is 0 Å². The number of aliphatic hydroxyl groups excluding tert-OH is 1. The second-order valence-electron chi connectivity index (χ2n) is 2.27. The van der Waals surface area contributed by atoms with Gasteiger partial charge in [0.05, 0.1) is 0 Å². The van der Waals surface area contributed by atoms with E-state index in [-0.39, 0.29) is 6.61 Å². The molecule has 0 amide bonds. The maximum Gasteiger partial charge on any atom is 0.331 e. The molecule has 3 nitrogen and oxygen atoms in total. The van der Waals surface area contributed by atoms with Crippen LogP contribution >= 0.6 is 0 Å².